The second kappa shape index (κ2) is 7.79. The molecule has 0 radical (unpaired) electrons. The summed E-state index contributed by atoms with van der Waals surface area (Å²) in [4.78, 5) is 24.0. The van der Waals surface area contributed by atoms with Crippen molar-refractivity contribution < 1.29 is 23.1 Å². The number of hydrogen-bond donors (Lipinski definition) is 2. The predicted octanol–water partition coefficient (Wildman–Crippen LogP) is 3.12. The third-order valence-corrected chi connectivity index (χ3v) is 7.38. The van der Waals surface area contributed by atoms with Gasteiger partial charge in [-0.2, -0.15) is 4.31 Å². The van der Waals surface area contributed by atoms with Crippen molar-refractivity contribution in [3.05, 3.63) is 46.2 Å². The van der Waals surface area contributed by atoms with Crippen molar-refractivity contribution in [2.75, 3.05) is 18.4 Å². The Morgan fingerprint density at radius 2 is 2.04 bits per heavy atom. The number of piperidine rings is 1. The Morgan fingerprint density at radius 3 is 2.74 bits per heavy atom. The molecule has 27 heavy (non-hydrogen) atoms. The molecule has 1 aliphatic rings. The van der Waals surface area contributed by atoms with E-state index in [0.717, 1.165) is 24.2 Å². The van der Waals surface area contributed by atoms with Gasteiger partial charge in [-0.3, -0.25) is 4.79 Å². The van der Waals surface area contributed by atoms with Gasteiger partial charge in [0.15, 0.2) is 0 Å². The van der Waals surface area contributed by atoms with Crippen molar-refractivity contribution in [2.24, 2.45) is 5.92 Å². The second-order valence-corrected chi connectivity index (χ2v) is 9.41. The van der Waals surface area contributed by atoms with E-state index >= 15 is 0 Å². The molecule has 2 N–H and O–H groups in total. The van der Waals surface area contributed by atoms with Crippen LogP contribution in [0.15, 0.2) is 40.6 Å². The molecule has 0 bridgehead atoms. The van der Waals surface area contributed by atoms with Crippen molar-refractivity contribution in [1.29, 1.82) is 0 Å². The van der Waals surface area contributed by atoms with Crippen LogP contribution < -0.4 is 5.32 Å². The topological polar surface area (TPSA) is 104 Å². The third-order valence-electron chi connectivity index (χ3n) is 4.46. The van der Waals surface area contributed by atoms with Crippen LogP contribution in [0.1, 0.15) is 39.8 Å². The highest BCUT2D eigenvalue weighted by atomic mass is 32.2. The zero-order chi connectivity index (χ0) is 19.6. The zero-order valence-corrected chi connectivity index (χ0v) is 16.3. The number of carboxylic acid groups (broad SMARTS) is 1. The summed E-state index contributed by atoms with van der Waals surface area (Å²) in [5.74, 6) is -1.39. The van der Waals surface area contributed by atoms with Gasteiger partial charge in [0.05, 0.1) is 21.0 Å². The maximum absolute atomic E-state index is 12.8. The smallest absolute Gasteiger partial charge is 0.337 e. The van der Waals surface area contributed by atoms with Crippen LogP contribution in [0.25, 0.3) is 0 Å². The quantitative estimate of drug-likeness (QED) is 0.791. The summed E-state index contributed by atoms with van der Waals surface area (Å²) < 4.78 is 27.1. The summed E-state index contributed by atoms with van der Waals surface area (Å²) in [7, 11) is -3.63. The van der Waals surface area contributed by atoms with Gasteiger partial charge in [0.25, 0.3) is 5.91 Å². The van der Waals surface area contributed by atoms with Gasteiger partial charge in [0, 0.05) is 18.5 Å². The molecule has 2 aromatic rings. The van der Waals surface area contributed by atoms with Crippen LogP contribution in [0.2, 0.25) is 0 Å². The summed E-state index contributed by atoms with van der Waals surface area (Å²) in [6.07, 6.45) is 1.83. The van der Waals surface area contributed by atoms with Crippen LogP contribution >= 0.6 is 11.3 Å². The lowest BCUT2D eigenvalue weighted by Crippen LogP contribution is -2.38. The van der Waals surface area contributed by atoms with Gasteiger partial charge in [0.2, 0.25) is 10.0 Å². The standard InChI is InChI=1S/C18H20N2O5S2/c1-12-5-4-8-20(10-12)27(24,25)13-9-16(26-11-13)17(21)19-15-7-3-2-6-14(15)18(22)23/h2-3,6-7,9,11-12H,4-5,8,10H2,1H3,(H,19,21)(H,22,23)/t12-/m1/s1. The van der Waals surface area contributed by atoms with Gasteiger partial charge in [-0.1, -0.05) is 19.1 Å². The molecule has 1 aromatic carbocycles. The molecule has 144 valence electrons. The average molecular weight is 409 g/mol. The number of sulfonamides is 1. The minimum Gasteiger partial charge on any atom is -0.478 e. The Bertz CT molecular complexity index is 968. The molecule has 9 heteroatoms. The number of nitrogens with one attached hydrogen (secondary N) is 1. The molecular weight excluding hydrogens is 388 g/mol. The number of aromatic carboxylic acids is 1. The number of para-hydroxylation sites is 1. The summed E-state index contributed by atoms with van der Waals surface area (Å²) in [5.41, 5.74) is 0.134. The number of hydrogen-bond acceptors (Lipinski definition) is 5. The van der Waals surface area contributed by atoms with Gasteiger partial charge in [0.1, 0.15) is 0 Å². The molecule has 1 saturated heterocycles. The Labute approximate surface area is 161 Å². The van der Waals surface area contributed by atoms with Gasteiger partial charge in [-0.05, 0) is 37.0 Å². The molecule has 0 saturated carbocycles. The number of rotatable bonds is 5. The van der Waals surface area contributed by atoms with Crippen LogP contribution in [0.5, 0.6) is 0 Å². The van der Waals surface area contributed by atoms with E-state index in [1.165, 1.54) is 27.9 Å². The van der Waals surface area contributed by atoms with Crippen LogP contribution in [0.4, 0.5) is 5.69 Å². The fourth-order valence-corrected chi connectivity index (χ4v) is 5.80. The van der Waals surface area contributed by atoms with Gasteiger partial charge in [-0.25, -0.2) is 13.2 Å². The van der Waals surface area contributed by atoms with Crippen LogP contribution in [-0.2, 0) is 10.0 Å². The van der Waals surface area contributed by atoms with E-state index in [0.29, 0.717) is 19.0 Å². The molecule has 1 atom stereocenters. The molecule has 1 aromatic heterocycles. The predicted molar refractivity (Wildman–Crippen MR) is 103 cm³/mol. The first-order valence-corrected chi connectivity index (χ1v) is 10.8. The fourth-order valence-electron chi connectivity index (χ4n) is 3.05. The molecule has 3 rings (SSSR count). The van der Waals surface area contributed by atoms with Crippen molar-refractivity contribution in [3.63, 3.8) is 0 Å². The lowest BCUT2D eigenvalue weighted by Gasteiger charge is -2.29. The first-order valence-electron chi connectivity index (χ1n) is 8.51. The first-order chi connectivity index (χ1) is 12.8. The van der Waals surface area contributed by atoms with Crippen molar-refractivity contribution in [3.8, 4) is 0 Å². The van der Waals surface area contributed by atoms with Crippen molar-refractivity contribution in [2.45, 2.75) is 24.7 Å². The average Bonchev–Trinajstić information content (AvgIpc) is 3.13. The number of benzene rings is 1. The first kappa shape index (κ1) is 19.5. The number of thiophene rings is 1. The lowest BCUT2D eigenvalue weighted by molar-refractivity contribution is 0.0698. The molecule has 0 spiro atoms. The Balaban J connectivity index is 1.79. The minimum absolute atomic E-state index is 0.0300. The molecule has 2 heterocycles. The van der Waals surface area contributed by atoms with Crippen LogP contribution in [0.3, 0.4) is 0 Å². The third kappa shape index (κ3) is 4.20. The largest absolute Gasteiger partial charge is 0.478 e. The highest BCUT2D eigenvalue weighted by molar-refractivity contribution is 7.89. The lowest BCUT2D eigenvalue weighted by atomic mass is 10.0. The van der Waals surface area contributed by atoms with E-state index in [1.54, 1.807) is 12.1 Å². The monoisotopic (exact) mass is 408 g/mol. The summed E-state index contributed by atoms with van der Waals surface area (Å²) in [6, 6.07) is 7.40. The Morgan fingerprint density at radius 1 is 1.30 bits per heavy atom. The summed E-state index contributed by atoms with van der Waals surface area (Å²) >= 11 is 1.02. The van der Waals surface area contributed by atoms with Gasteiger partial charge < -0.3 is 10.4 Å². The number of carbonyl (C=O) groups is 2. The van der Waals surface area contributed by atoms with E-state index in [2.05, 4.69) is 5.32 Å². The number of nitrogens with zero attached hydrogens (tertiary/aromatic N) is 1. The summed E-state index contributed by atoms with van der Waals surface area (Å²) in [6.45, 7) is 2.98. The highest BCUT2D eigenvalue weighted by Gasteiger charge is 2.30. The minimum atomic E-state index is -3.63. The highest BCUT2D eigenvalue weighted by Crippen LogP contribution is 2.27. The van der Waals surface area contributed by atoms with Crippen LogP contribution in [0, 0.1) is 5.92 Å². The van der Waals surface area contributed by atoms with E-state index in [-0.39, 0.29) is 21.0 Å². The molecule has 0 aliphatic carbocycles. The Kier molecular flexibility index (Phi) is 5.64. The number of carbonyl (C=O) groups excluding carboxylic acids is 1. The van der Waals surface area contributed by atoms with Crippen molar-refractivity contribution >= 4 is 38.9 Å². The Hall–Kier alpha value is -2.23. The second-order valence-electron chi connectivity index (χ2n) is 6.56. The molecule has 7 nitrogen and oxygen atoms in total. The maximum Gasteiger partial charge on any atom is 0.337 e. The van der Waals surface area contributed by atoms with E-state index in [9.17, 15) is 23.1 Å². The summed E-state index contributed by atoms with van der Waals surface area (Å²) in [5, 5.41) is 13.2. The molecule has 0 unspecified atom stereocenters. The van der Waals surface area contributed by atoms with E-state index in [1.807, 2.05) is 6.92 Å². The number of amides is 1. The molecule has 1 amide bonds. The van der Waals surface area contributed by atoms with Gasteiger partial charge in [-0.15, -0.1) is 11.3 Å². The van der Waals surface area contributed by atoms with Gasteiger partial charge >= 0.3 is 5.97 Å². The van der Waals surface area contributed by atoms with Crippen molar-refractivity contribution in [1.82, 2.24) is 4.31 Å². The molecule has 1 aliphatic heterocycles. The molecular formula is C18H20N2O5S2. The normalized spacial score (nSPS) is 18.2. The van der Waals surface area contributed by atoms with Crippen LogP contribution in [-0.4, -0.2) is 42.8 Å². The van der Waals surface area contributed by atoms with E-state index in [4.69, 9.17) is 0 Å². The fraction of sp³-hybridized carbons (Fsp3) is 0.333. The molecule has 1 fully saturated rings. The zero-order valence-electron chi connectivity index (χ0n) is 14.7. The number of anilines is 1. The van der Waals surface area contributed by atoms with E-state index < -0.39 is 21.9 Å². The SMILES string of the molecule is C[C@@H]1CCCN(S(=O)(=O)c2csc(C(=O)Nc3ccccc3C(=O)O)c2)C1. The number of carboxylic acids is 1. The maximum atomic E-state index is 12.8.